The second-order valence-corrected chi connectivity index (χ2v) is 5.31. The Kier molecular flexibility index (Phi) is 4.61. The van der Waals surface area contributed by atoms with E-state index in [-0.39, 0.29) is 0 Å². The first-order valence-electron chi connectivity index (χ1n) is 6.82. The predicted molar refractivity (Wildman–Crippen MR) is 76.1 cm³/mol. The highest BCUT2D eigenvalue weighted by molar-refractivity contribution is 5.44. The summed E-state index contributed by atoms with van der Waals surface area (Å²) in [5.41, 5.74) is 2.51. The number of aryl methyl sites for hydroxylation is 1. The molecule has 18 heavy (non-hydrogen) atoms. The molecule has 3 nitrogen and oxygen atoms in total. The number of ether oxygens (including phenoxy) is 1. The minimum absolute atomic E-state index is 0.355. The lowest BCUT2D eigenvalue weighted by atomic mass is 10.2. The number of hydrogen-bond acceptors (Lipinski definition) is 3. The Morgan fingerprint density at radius 3 is 2.39 bits per heavy atom. The van der Waals surface area contributed by atoms with E-state index >= 15 is 0 Å². The molecule has 0 radical (unpaired) electrons. The lowest BCUT2D eigenvalue weighted by Crippen LogP contribution is -2.46. The molecule has 1 aromatic carbocycles. The number of rotatable bonds is 4. The van der Waals surface area contributed by atoms with E-state index in [2.05, 4.69) is 55.3 Å². The van der Waals surface area contributed by atoms with Crippen molar-refractivity contribution in [1.29, 1.82) is 0 Å². The molecular formula is C15H24N2O. The van der Waals surface area contributed by atoms with Crippen LogP contribution in [0.5, 0.6) is 0 Å². The summed E-state index contributed by atoms with van der Waals surface area (Å²) in [5.74, 6) is 0. The number of benzene rings is 1. The predicted octanol–water partition coefficient (Wildman–Crippen LogP) is 2.52. The molecule has 2 atom stereocenters. The molecule has 0 spiro atoms. The molecule has 1 fully saturated rings. The molecule has 2 unspecified atom stereocenters. The van der Waals surface area contributed by atoms with Crippen LogP contribution in [-0.2, 0) is 4.74 Å². The number of nitrogens with one attached hydrogen (secondary N) is 1. The summed E-state index contributed by atoms with van der Waals surface area (Å²) in [6.45, 7) is 10.6. The lowest BCUT2D eigenvalue weighted by Gasteiger charge is -2.35. The monoisotopic (exact) mass is 248 g/mol. The minimum Gasteiger partial charge on any atom is -0.384 e. The van der Waals surface area contributed by atoms with E-state index in [0.717, 1.165) is 26.2 Å². The first-order chi connectivity index (χ1) is 8.63. The minimum atomic E-state index is 0.355. The Labute approximate surface area is 110 Å². The Bertz CT molecular complexity index is 353. The van der Waals surface area contributed by atoms with Crippen LogP contribution in [0.15, 0.2) is 24.3 Å². The van der Waals surface area contributed by atoms with Crippen LogP contribution in [-0.4, -0.2) is 43.3 Å². The van der Waals surface area contributed by atoms with Crippen molar-refractivity contribution in [2.24, 2.45) is 0 Å². The van der Waals surface area contributed by atoms with Gasteiger partial charge in [0.05, 0.1) is 12.2 Å². The van der Waals surface area contributed by atoms with Gasteiger partial charge < -0.3 is 10.1 Å². The molecule has 0 bridgehead atoms. The summed E-state index contributed by atoms with van der Waals surface area (Å²) < 4.78 is 5.73. The van der Waals surface area contributed by atoms with Gasteiger partial charge >= 0.3 is 0 Å². The van der Waals surface area contributed by atoms with Crippen LogP contribution in [0.25, 0.3) is 0 Å². The largest absolute Gasteiger partial charge is 0.384 e. The lowest BCUT2D eigenvalue weighted by molar-refractivity contribution is -0.0667. The highest BCUT2D eigenvalue weighted by Gasteiger charge is 2.21. The molecule has 0 amide bonds. The molecular weight excluding hydrogens is 224 g/mol. The summed E-state index contributed by atoms with van der Waals surface area (Å²) in [5, 5.41) is 3.47. The van der Waals surface area contributed by atoms with Gasteiger partial charge in [0.25, 0.3) is 0 Å². The van der Waals surface area contributed by atoms with Gasteiger partial charge in [0.2, 0.25) is 0 Å². The topological polar surface area (TPSA) is 24.5 Å². The van der Waals surface area contributed by atoms with Crippen molar-refractivity contribution in [2.45, 2.75) is 33.0 Å². The standard InChI is InChI=1S/C15H24N2O/c1-12-4-6-15(7-5-12)16-8-9-17-10-13(2)18-14(3)11-17/h4-7,13-14,16H,8-11H2,1-3H3. The molecule has 1 N–H and O–H groups in total. The van der Waals surface area contributed by atoms with Gasteiger partial charge in [0.1, 0.15) is 0 Å². The molecule has 0 aliphatic carbocycles. The van der Waals surface area contributed by atoms with Crippen molar-refractivity contribution in [3.63, 3.8) is 0 Å². The van der Waals surface area contributed by atoms with Gasteiger partial charge in [0.15, 0.2) is 0 Å². The Balaban J connectivity index is 1.73. The molecule has 2 rings (SSSR count). The summed E-state index contributed by atoms with van der Waals surface area (Å²) in [7, 11) is 0. The molecule has 1 aromatic rings. The van der Waals surface area contributed by atoms with Crippen molar-refractivity contribution < 1.29 is 4.74 Å². The quantitative estimate of drug-likeness (QED) is 0.886. The van der Waals surface area contributed by atoms with Gasteiger partial charge in [-0.15, -0.1) is 0 Å². The van der Waals surface area contributed by atoms with Crippen molar-refractivity contribution in [2.75, 3.05) is 31.5 Å². The van der Waals surface area contributed by atoms with Crippen LogP contribution in [0.2, 0.25) is 0 Å². The van der Waals surface area contributed by atoms with E-state index < -0.39 is 0 Å². The summed E-state index contributed by atoms with van der Waals surface area (Å²) in [6.07, 6.45) is 0.709. The van der Waals surface area contributed by atoms with Gasteiger partial charge in [-0.25, -0.2) is 0 Å². The fraction of sp³-hybridized carbons (Fsp3) is 0.600. The average Bonchev–Trinajstić information content (AvgIpc) is 2.30. The van der Waals surface area contributed by atoms with Gasteiger partial charge in [-0.3, -0.25) is 4.90 Å². The molecule has 3 heteroatoms. The highest BCUT2D eigenvalue weighted by atomic mass is 16.5. The fourth-order valence-electron chi connectivity index (χ4n) is 2.50. The molecule has 0 saturated carbocycles. The van der Waals surface area contributed by atoms with Crippen LogP contribution in [0.4, 0.5) is 5.69 Å². The van der Waals surface area contributed by atoms with E-state index in [1.54, 1.807) is 0 Å². The third-order valence-corrected chi connectivity index (χ3v) is 3.30. The third-order valence-electron chi connectivity index (χ3n) is 3.30. The molecule has 100 valence electrons. The maximum absolute atomic E-state index is 5.73. The van der Waals surface area contributed by atoms with E-state index in [1.165, 1.54) is 11.3 Å². The molecule has 1 saturated heterocycles. The van der Waals surface area contributed by atoms with Crippen molar-refractivity contribution in [3.05, 3.63) is 29.8 Å². The first kappa shape index (κ1) is 13.4. The van der Waals surface area contributed by atoms with Gasteiger partial charge in [-0.05, 0) is 32.9 Å². The maximum atomic E-state index is 5.73. The third kappa shape index (κ3) is 4.00. The second kappa shape index (κ2) is 6.21. The van der Waals surface area contributed by atoms with Crippen LogP contribution in [0.1, 0.15) is 19.4 Å². The zero-order valence-corrected chi connectivity index (χ0v) is 11.6. The van der Waals surface area contributed by atoms with E-state index in [9.17, 15) is 0 Å². The van der Waals surface area contributed by atoms with Crippen LogP contribution < -0.4 is 5.32 Å². The zero-order chi connectivity index (χ0) is 13.0. The average molecular weight is 248 g/mol. The zero-order valence-electron chi connectivity index (χ0n) is 11.6. The van der Waals surface area contributed by atoms with Gasteiger partial charge in [0, 0.05) is 31.9 Å². The van der Waals surface area contributed by atoms with Gasteiger partial charge in [-0.1, -0.05) is 17.7 Å². The number of morpholine rings is 1. The normalized spacial score (nSPS) is 25.1. The van der Waals surface area contributed by atoms with E-state index in [0.29, 0.717) is 12.2 Å². The van der Waals surface area contributed by atoms with Gasteiger partial charge in [-0.2, -0.15) is 0 Å². The smallest absolute Gasteiger partial charge is 0.0678 e. The number of hydrogen-bond donors (Lipinski definition) is 1. The number of anilines is 1. The number of nitrogens with zero attached hydrogens (tertiary/aromatic N) is 1. The summed E-state index contributed by atoms with van der Waals surface area (Å²) in [6, 6.07) is 8.56. The van der Waals surface area contributed by atoms with Crippen molar-refractivity contribution in [1.82, 2.24) is 4.90 Å². The van der Waals surface area contributed by atoms with Crippen LogP contribution >= 0.6 is 0 Å². The second-order valence-electron chi connectivity index (χ2n) is 5.31. The molecule has 1 aliphatic heterocycles. The Morgan fingerprint density at radius 1 is 1.17 bits per heavy atom. The molecule has 1 heterocycles. The van der Waals surface area contributed by atoms with Crippen molar-refractivity contribution in [3.8, 4) is 0 Å². The van der Waals surface area contributed by atoms with E-state index in [4.69, 9.17) is 4.74 Å². The fourth-order valence-corrected chi connectivity index (χ4v) is 2.50. The first-order valence-corrected chi connectivity index (χ1v) is 6.82. The highest BCUT2D eigenvalue weighted by Crippen LogP contribution is 2.11. The Hall–Kier alpha value is -1.06. The van der Waals surface area contributed by atoms with Crippen molar-refractivity contribution >= 4 is 5.69 Å². The molecule has 1 aliphatic rings. The van der Waals surface area contributed by atoms with Crippen LogP contribution in [0, 0.1) is 6.92 Å². The summed E-state index contributed by atoms with van der Waals surface area (Å²) >= 11 is 0. The van der Waals surface area contributed by atoms with E-state index in [1.807, 2.05) is 0 Å². The molecule has 0 aromatic heterocycles. The Morgan fingerprint density at radius 2 is 1.78 bits per heavy atom. The van der Waals surface area contributed by atoms with Crippen LogP contribution in [0.3, 0.4) is 0 Å². The maximum Gasteiger partial charge on any atom is 0.0678 e. The SMILES string of the molecule is Cc1ccc(NCCN2CC(C)OC(C)C2)cc1. The summed E-state index contributed by atoms with van der Waals surface area (Å²) in [4.78, 5) is 2.47.